The number of ether oxygens (including phenoxy) is 2. The molecule has 10 heteroatoms. The monoisotopic (exact) mass is 514 g/mol. The molecule has 2 aliphatic heterocycles. The van der Waals surface area contributed by atoms with Crippen LogP contribution in [0.5, 0.6) is 11.5 Å². The summed E-state index contributed by atoms with van der Waals surface area (Å²) >= 11 is 3.19. The molecule has 1 fully saturated rings. The third-order valence-electron chi connectivity index (χ3n) is 5.83. The van der Waals surface area contributed by atoms with E-state index in [0.29, 0.717) is 30.2 Å². The van der Waals surface area contributed by atoms with Crippen LogP contribution < -0.4 is 14.8 Å². The van der Waals surface area contributed by atoms with Crippen LogP contribution in [0.1, 0.15) is 17.5 Å². The molecule has 2 aromatic rings. The molecule has 2 aromatic carbocycles. The van der Waals surface area contributed by atoms with Crippen LogP contribution in [0, 0.1) is 0 Å². The van der Waals surface area contributed by atoms with E-state index in [1.54, 1.807) is 14.2 Å². The van der Waals surface area contributed by atoms with Crippen LogP contribution in [0.25, 0.3) is 0 Å². The molecule has 2 aliphatic rings. The van der Waals surface area contributed by atoms with Crippen molar-refractivity contribution in [1.82, 2.24) is 9.91 Å². The van der Waals surface area contributed by atoms with E-state index in [1.165, 1.54) is 16.8 Å². The highest BCUT2D eigenvalue weighted by Crippen LogP contribution is 2.30. The van der Waals surface area contributed by atoms with E-state index in [9.17, 15) is 9.59 Å². The summed E-state index contributed by atoms with van der Waals surface area (Å²) in [6.45, 7) is 3.25. The fraction of sp³-hybridized carbons (Fsp3) is 0.400. The number of carbonyl (C=O) groups excluding carboxylic acids is 2. The number of hydrogen-bond acceptors (Lipinski definition) is 8. The van der Waals surface area contributed by atoms with Gasteiger partial charge in [-0.3, -0.25) is 9.59 Å². The van der Waals surface area contributed by atoms with Crippen molar-refractivity contribution in [3.63, 3.8) is 0 Å². The first kappa shape index (κ1) is 25.4. The number of methoxy groups -OCH3 is 2. The number of anilines is 1. The number of nitrogens with one attached hydrogen (secondary N) is 1. The first-order valence-corrected chi connectivity index (χ1v) is 13.6. The molecule has 35 heavy (non-hydrogen) atoms. The third kappa shape index (κ3) is 6.93. The van der Waals surface area contributed by atoms with Crippen LogP contribution in [-0.2, 0) is 11.3 Å². The number of nitrogens with zero attached hydrogens (tertiary/aromatic N) is 3. The Morgan fingerprint density at radius 1 is 1.06 bits per heavy atom. The van der Waals surface area contributed by atoms with Gasteiger partial charge in [0.25, 0.3) is 0 Å². The van der Waals surface area contributed by atoms with E-state index in [2.05, 4.69) is 15.3 Å². The number of thioether (sulfide) groups is 2. The van der Waals surface area contributed by atoms with Crippen LogP contribution >= 0.6 is 23.5 Å². The van der Waals surface area contributed by atoms with E-state index in [1.807, 2.05) is 54.2 Å². The Labute approximate surface area is 214 Å². The Morgan fingerprint density at radius 2 is 1.80 bits per heavy atom. The van der Waals surface area contributed by atoms with Crippen LogP contribution in [-0.4, -0.2) is 77.9 Å². The van der Waals surface area contributed by atoms with Crippen molar-refractivity contribution in [2.75, 3.05) is 56.4 Å². The van der Waals surface area contributed by atoms with Crippen LogP contribution in [0.3, 0.4) is 0 Å². The average molecular weight is 515 g/mol. The molecular weight excluding hydrogens is 484 g/mol. The van der Waals surface area contributed by atoms with Crippen LogP contribution in [0.15, 0.2) is 47.6 Å². The predicted molar refractivity (Wildman–Crippen MR) is 143 cm³/mol. The van der Waals surface area contributed by atoms with Crippen molar-refractivity contribution in [2.45, 2.75) is 13.0 Å². The quantitative estimate of drug-likeness (QED) is 0.538. The molecule has 1 saturated heterocycles. The van der Waals surface area contributed by atoms with Gasteiger partial charge in [0.2, 0.25) is 5.91 Å². The standard InChI is InChI=1S/C25H30N4O4S2/c1-32-22-8-5-19(15-23(22)33-2)21-17-35-25(31)29(27-21)16-18-3-6-20(7-4-18)26-24(30)9-10-28-11-13-34-14-12-28/h3-8,15H,9-14,16-17H2,1-2H3,(H,26,30). The number of carbonyl (C=O) groups is 2. The minimum Gasteiger partial charge on any atom is -0.493 e. The SMILES string of the molecule is COc1ccc(C2=NN(Cc3ccc(NC(=O)CCN4CCSCC4)cc3)C(=O)SC2)cc1OC. The molecule has 4 rings (SSSR count). The lowest BCUT2D eigenvalue weighted by atomic mass is 10.1. The van der Waals surface area contributed by atoms with E-state index in [0.717, 1.165) is 53.7 Å². The van der Waals surface area contributed by atoms with E-state index in [-0.39, 0.29) is 11.1 Å². The average Bonchev–Trinajstić information content (AvgIpc) is 2.90. The van der Waals surface area contributed by atoms with Crippen molar-refractivity contribution >= 4 is 46.1 Å². The van der Waals surface area contributed by atoms with Gasteiger partial charge in [0.05, 0.1) is 26.5 Å². The second kappa shape index (κ2) is 12.3. The molecule has 0 aromatic heterocycles. The smallest absolute Gasteiger partial charge is 0.302 e. The van der Waals surface area contributed by atoms with Gasteiger partial charge in [-0.2, -0.15) is 16.9 Å². The molecule has 186 valence electrons. The van der Waals surface area contributed by atoms with E-state index < -0.39 is 0 Å². The summed E-state index contributed by atoms with van der Waals surface area (Å²) in [6, 6.07) is 13.2. The molecule has 2 heterocycles. The summed E-state index contributed by atoms with van der Waals surface area (Å²) in [5.74, 6) is 4.05. The number of amides is 2. The Hall–Kier alpha value is -2.69. The number of hydrazone groups is 1. The Morgan fingerprint density at radius 3 is 2.51 bits per heavy atom. The minimum absolute atomic E-state index is 0.0164. The van der Waals surface area contributed by atoms with Crippen LogP contribution in [0.4, 0.5) is 10.5 Å². The largest absolute Gasteiger partial charge is 0.493 e. The minimum atomic E-state index is -0.0947. The van der Waals surface area contributed by atoms with Crippen molar-refractivity contribution in [3.05, 3.63) is 53.6 Å². The van der Waals surface area contributed by atoms with Gasteiger partial charge >= 0.3 is 5.24 Å². The first-order valence-electron chi connectivity index (χ1n) is 11.5. The molecular formula is C25H30N4O4S2. The van der Waals surface area contributed by atoms with Crippen molar-refractivity contribution < 1.29 is 19.1 Å². The van der Waals surface area contributed by atoms with Crippen molar-refractivity contribution in [2.24, 2.45) is 5.10 Å². The number of benzene rings is 2. The molecule has 0 radical (unpaired) electrons. The third-order valence-corrected chi connectivity index (χ3v) is 7.65. The zero-order valence-corrected chi connectivity index (χ0v) is 21.6. The summed E-state index contributed by atoms with van der Waals surface area (Å²) in [6.07, 6.45) is 0.486. The maximum absolute atomic E-state index is 12.5. The molecule has 0 aliphatic carbocycles. The molecule has 0 atom stereocenters. The van der Waals surface area contributed by atoms with Gasteiger partial charge in [0.1, 0.15) is 0 Å². The summed E-state index contributed by atoms with van der Waals surface area (Å²) in [4.78, 5) is 27.1. The highest BCUT2D eigenvalue weighted by Gasteiger charge is 2.23. The highest BCUT2D eigenvalue weighted by atomic mass is 32.2. The molecule has 0 spiro atoms. The highest BCUT2D eigenvalue weighted by molar-refractivity contribution is 8.14. The van der Waals surface area contributed by atoms with Gasteiger partial charge < -0.3 is 19.7 Å². The molecule has 2 amide bonds. The number of rotatable bonds is 9. The van der Waals surface area contributed by atoms with E-state index >= 15 is 0 Å². The topological polar surface area (TPSA) is 83.5 Å². The maximum atomic E-state index is 12.5. The Kier molecular flexibility index (Phi) is 8.95. The zero-order valence-electron chi connectivity index (χ0n) is 20.0. The van der Waals surface area contributed by atoms with Gasteiger partial charge in [-0.25, -0.2) is 5.01 Å². The molecule has 8 nitrogen and oxygen atoms in total. The molecule has 0 saturated carbocycles. The van der Waals surface area contributed by atoms with Crippen molar-refractivity contribution in [1.29, 1.82) is 0 Å². The van der Waals surface area contributed by atoms with Gasteiger partial charge in [0, 0.05) is 54.6 Å². The molecule has 0 unspecified atom stereocenters. The predicted octanol–water partition coefficient (Wildman–Crippen LogP) is 4.15. The zero-order chi connectivity index (χ0) is 24.6. The van der Waals surface area contributed by atoms with Gasteiger partial charge in [-0.15, -0.1) is 0 Å². The summed E-state index contributed by atoms with van der Waals surface area (Å²) in [5, 5.41) is 8.95. The summed E-state index contributed by atoms with van der Waals surface area (Å²) in [7, 11) is 3.19. The summed E-state index contributed by atoms with van der Waals surface area (Å²) < 4.78 is 10.7. The lowest BCUT2D eigenvalue weighted by Gasteiger charge is -2.25. The molecule has 0 bridgehead atoms. The lowest BCUT2D eigenvalue weighted by molar-refractivity contribution is -0.116. The van der Waals surface area contributed by atoms with Gasteiger partial charge in [-0.05, 0) is 35.9 Å². The van der Waals surface area contributed by atoms with E-state index in [4.69, 9.17) is 9.47 Å². The van der Waals surface area contributed by atoms with Crippen LogP contribution in [0.2, 0.25) is 0 Å². The summed E-state index contributed by atoms with van der Waals surface area (Å²) in [5.41, 5.74) is 3.36. The second-order valence-corrected chi connectivity index (χ2v) is 10.3. The normalized spacial score (nSPS) is 16.6. The Bertz CT molecular complexity index is 1070. The fourth-order valence-electron chi connectivity index (χ4n) is 3.85. The number of hydrogen-bond donors (Lipinski definition) is 1. The van der Waals surface area contributed by atoms with Crippen molar-refractivity contribution in [3.8, 4) is 11.5 Å². The second-order valence-electron chi connectivity index (χ2n) is 8.18. The molecule has 1 N–H and O–H groups in total. The first-order chi connectivity index (χ1) is 17.1. The lowest BCUT2D eigenvalue weighted by Crippen LogP contribution is -2.34. The maximum Gasteiger partial charge on any atom is 0.302 e. The Balaban J connectivity index is 1.35. The van der Waals surface area contributed by atoms with Gasteiger partial charge in [-0.1, -0.05) is 23.9 Å². The van der Waals surface area contributed by atoms with Gasteiger partial charge in [0.15, 0.2) is 11.5 Å². The fourth-order valence-corrected chi connectivity index (χ4v) is 5.57.